The molecule has 0 aliphatic rings. The van der Waals surface area contributed by atoms with Gasteiger partial charge in [-0.05, 0) is 42.8 Å². The van der Waals surface area contributed by atoms with E-state index in [1.807, 2.05) is 31.2 Å². The summed E-state index contributed by atoms with van der Waals surface area (Å²) >= 11 is 0. The molecule has 0 atom stereocenters. The summed E-state index contributed by atoms with van der Waals surface area (Å²) in [4.78, 5) is 24.0. The van der Waals surface area contributed by atoms with E-state index < -0.39 is 30.0 Å². The molecule has 3 aromatic rings. The molecule has 0 fully saturated rings. The number of nitrogens with zero attached hydrogens (tertiary/aromatic N) is 1. The van der Waals surface area contributed by atoms with Crippen LogP contribution < -0.4 is 15.5 Å². The van der Waals surface area contributed by atoms with Gasteiger partial charge in [0, 0.05) is 11.3 Å². The van der Waals surface area contributed by atoms with Crippen LogP contribution in [0.15, 0.2) is 77.9 Å². The van der Waals surface area contributed by atoms with Crippen molar-refractivity contribution < 1.29 is 27.5 Å². The maximum absolute atomic E-state index is 12.8. The van der Waals surface area contributed by atoms with Crippen LogP contribution in [0.2, 0.25) is 0 Å². The maximum atomic E-state index is 12.8. The van der Waals surface area contributed by atoms with E-state index in [1.54, 1.807) is 24.3 Å². The number of hydrogen-bond acceptors (Lipinski definition) is 4. The molecule has 0 aliphatic heterocycles. The number of aryl methyl sites for hydroxylation is 1. The Morgan fingerprint density at radius 1 is 0.971 bits per heavy atom. The van der Waals surface area contributed by atoms with Gasteiger partial charge < -0.3 is 10.1 Å². The van der Waals surface area contributed by atoms with E-state index in [9.17, 15) is 22.8 Å². The van der Waals surface area contributed by atoms with Crippen LogP contribution in [-0.4, -0.2) is 18.0 Å². The number of carbonyl (C=O) groups is 2. The largest absolute Gasteiger partial charge is 0.488 e. The number of rotatable bonds is 8. The number of amides is 2. The zero-order valence-corrected chi connectivity index (χ0v) is 18.2. The second kappa shape index (κ2) is 11.1. The SMILES string of the molecule is Cc1ccc(COc2ccccc2C=NNC(=O)CC(=O)Nc2cccc(C(F)(F)F)c2)cc1. The van der Waals surface area contributed by atoms with Crippen LogP contribution in [0.3, 0.4) is 0 Å². The highest BCUT2D eigenvalue weighted by atomic mass is 19.4. The molecule has 34 heavy (non-hydrogen) atoms. The molecule has 0 radical (unpaired) electrons. The lowest BCUT2D eigenvalue weighted by molar-refractivity contribution is -0.137. The van der Waals surface area contributed by atoms with Gasteiger partial charge in [0.2, 0.25) is 11.8 Å². The molecule has 176 valence electrons. The molecule has 0 aliphatic carbocycles. The number of nitrogens with one attached hydrogen (secondary N) is 2. The van der Waals surface area contributed by atoms with Gasteiger partial charge in [-0.2, -0.15) is 18.3 Å². The Balaban J connectivity index is 1.52. The van der Waals surface area contributed by atoms with E-state index >= 15 is 0 Å². The highest BCUT2D eigenvalue weighted by Gasteiger charge is 2.30. The van der Waals surface area contributed by atoms with Gasteiger partial charge in [-0.1, -0.05) is 48.0 Å². The summed E-state index contributed by atoms with van der Waals surface area (Å²) in [6.45, 7) is 2.35. The number of carbonyl (C=O) groups excluding carboxylic acids is 2. The van der Waals surface area contributed by atoms with Crippen molar-refractivity contribution in [2.45, 2.75) is 26.1 Å². The maximum Gasteiger partial charge on any atom is 0.416 e. The van der Waals surface area contributed by atoms with Gasteiger partial charge in [-0.25, -0.2) is 5.43 Å². The van der Waals surface area contributed by atoms with Crippen molar-refractivity contribution in [2.75, 3.05) is 5.32 Å². The third kappa shape index (κ3) is 7.47. The first-order chi connectivity index (χ1) is 16.2. The molecule has 0 unspecified atom stereocenters. The lowest BCUT2D eigenvalue weighted by atomic mass is 10.1. The molecule has 0 spiro atoms. The van der Waals surface area contributed by atoms with E-state index in [1.165, 1.54) is 18.3 Å². The van der Waals surface area contributed by atoms with Gasteiger partial charge in [0.1, 0.15) is 18.8 Å². The predicted molar refractivity (Wildman–Crippen MR) is 122 cm³/mol. The minimum absolute atomic E-state index is 0.0595. The zero-order valence-electron chi connectivity index (χ0n) is 18.2. The minimum atomic E-state index is -4.53. The normalized spacial score (nSPS) is 11.3. The average Bonchev–Trinajstić information content (AvgIpc) is 2.79. The van der Waals surface area contributed by atoms with Gasteiger partial charge in [-0.3, -0.25) is 9.59 Å². The monoisotopic (exact) mass is 469 g/mol. The van der Waals surface area contributed by atoms with E-state index in [-0.39, 0.29) is 5.69 Å². The van der Waals surface area contributed by atoms with Gasteiger partial charge in [0.05, 0.1) is 11.8 Å². The average molecular weight is 469 g/mol. The van der Waals surface area contributed by atoms with Crippen LogP contribution in [0.5, 0.6) is 5.75 Å². The first kappa shape index (κ1) is 24.5. The van der Waals surface area contributed by atoms with Crippen LogP contribution >= 0.6 is 0 Å². The fraction of sp³-hybridized carbons (Fsp3) is 0.160. The summed E-state index contributed by atoms with van der Waals surface area (Å²) < 4.78 is 44.1. The number of hydrogen-bond donors (Lipinski definition) is 2. The van der Waals surface area contributed by atoms with Gasteiger partial charge in [0.15, 0.2) is 0 Å². The van der Waals surface area contributed by atoms with Crippen LogP contribution in [0, 0.1) is 6.92 Å². The second-order valence-corrected chi connectivity index (χ2v) is 7.41. The Kier molecular flexibility index (Phi) is 8.02. The Hall–Kier alpha value is -4.14. The van der Waals surface area contributed by atoms with Gasteiger partial charge in [-0.15, -0.1) is 0 Å². The first-order valence-corrected chi connectivity index (χ1v) is 10.3. The van der Waals surface area contributed by atoms with Crippen molar-refractivity contribution in [1.82, 2.24) is 5.43 Å². The van der Waals surface area contributed by atoms with Gasteiger partial charge in [0.25, 0.3) is 0 Å². The predicted octanol–water partition coefficient (Wildman–Crippen LogP) is 5.07. The van der Waals surface area contributed by atoms with Gasteiger partial charge >= 0.3 is 6.18 Å². The fourth-order valence-corrected chi connectivity index (χ4v) is 2.90. The molecule has 0 saturated carbocycles. The molecule has 2 amide bonds. The Bertz CT molecular complexity index is 1180. The fourth-order valence-electron chi connectivity index (χ4n) is 2.90. The van der Waals surface area contributed by atoms with Crippen LogP contribution in [0.25, 0.3) is 0 Å². The smallest absolute Gasteiger partial charge is 0.416 e. The Morgan fingerprint density at radius 3 is 2.44 bits per heavy atom. The van der Waals surface area contributed by atoms with Crippen molar-refractivity contribution >= 4 is 23.7 Å². The molecule has 0 bridgehead atoms. The zero-order chi connectivity index (χ0) is 24.6. The number of halogens is 3. The molecular formula is C25H22F3N3O3. The lowest BCUT2D eigenvalue weighted by Crippen LogP contribution is -2.24. The number of ether oxygens (including phenoxy) is 1. The number of anilines is 1. The highest BCUT2D eigenvalue weighted by Crippen LogP contribution is 2.30. The highest BCUT2D eigenvalue weighted by molar-refractivity contribution is 6.03. The summed E-state index contributed by atoms with van der Waals surface area (Å²) in [6.07, 6.45) is -3.76. The van der Waals surface area contributed by atoms with E-state index in [0.717, 1.165) is 23.3 Å². The number of para-hydroxylation sites is 1. The van der Waals surface area contributed by atoms with Crippen molar-refractivity contribution in [1.29, 1.82) is 0 Å². The van der Waals surface area contributed by atoms with E-state index in [4.69, 9.17) is 4.74 Å². The quantitative estimate of drug-likeness (QED) is 0.275. The Labute approximate surface area is 194 Å². The van der Waals surface area contributed by atoms with Crippen molar-refractivity contribution in [3.05, 3.63) is 95.1 Å². The topological polar surface area (TPSA) is 79.8 Å². The second-order valence-electron chi connectivity index (χ2n) is 7.41. The molecule has 2 N–H and O–H groups in total. The summed E-state index contributed by atoms with van der Waals surface area (Å²) in [5.74, 6) is -0.934. The third-order valence-corrected chi connectivity index (χ3v) is 4.62. The standard InChI is InChI=1S/C25H22F3N3O3/c1-17-9-11-18(12-10-17)16-34-22-8-3-2-5-19(22)15-29-31-24(33)14-23(32)30-21-7-4-6-20(13-21)25(26,27)28/h2-13,15H,14,16H2,1H3,(H,30,32)(H,31,33). The van der Waals surface area contributed by atoms with Crippen LogP contribution in [-0.2, 0) is 22.4 Å². The third-order valence-electron chi connectivity index (χ3n) is 4.62. The molecule has 0 aromatic heterocycles. The van der Waals surface area contributed by atoms with Crippen molar-refractivity contribution in [2.24, 2.45) is 5.10 Å². The van der Waals surface area contributed by atoms with Crippen molar-refractivity contribution in [3.8, 4) is 5.75 Å². The lowest BCUT2D eigenvalue weighted by Gasteiger charge is -2.10. The molecular weight excluding hydrogens is 447 g/mol. The summed E-state index contributed by atoms with van der Waals surface area (Å²) in [5, 5.41) is 6.11. The summed E-state index contributed by atoms with van der Waals surface area (Å²) in [6, 6.07) is 19.2. The Morgan fingerprint density at radius 2 is 1.71 bits per heavy atom. The number of alkyl halides is 3. The molecule has 6 nitrogen and oxygen atoms in total. The number of hydrazone groups is 1. The van der Waals surface area contributed by atoms with E-state index in [2.05, 4.69) is 15.8 Å². The molecule has 3 aromatic carbocycles. The molecule has 3 rings (SSSR count). The number of benzene rings is 3. The van der Waals surface area contributed by atoms with Crippen LogP contribution in [0.4, 0.5) is 18.9 Å². The summed E-state index contributed by atoms with van der Waals surface area (Å²) in [7, 11) is 0. The minimum Gasteiger partial charge on any atom is -0.488 e. The molecule has 0 heterocycles. The first-order valence-electron chi connectivity index (χ1n) is 10.3. The molecule has 9 heteroatoms. The molecule has 0 saturated heterocycles. The van der Waals surface area contributed by atoms with E-state index in [0.29, 0.717) is 17.9 Å². The summed E-state index contributed by atoms with van der Waals surface area (Å²) in [5.41, 5.74) is 4.03. The van der Waals surface area contributed by atoms with Crippen molar-refractivity contribution in [3.63, 3.8) is 0 Å². The van der Waals surface area contributed by atoms with Crippen LogP contribution in [0.1, 0.15) is 28.7 Å².